The number of carbonyl (C=O) groups is 1. The Morgan fingerprint density at radius 1 is 1.06 bits per heavy atom. The van der Waals surface area contributed by atoms with Gasteiger partial charge in [0.1, 0.15) is 12.2 Å². The first kappa shape index (κ1) is 23.1. The normalized spacial score (nSPS) is 28.1. The quantitative estimate of drug-likeness (QED) is 0.577. The van der Waals surface area contributed by atoms with Crippen LogP contribution in [0.4, 0.5) is 23.7 Å². The highest BCUT2D eigenvalue weighted by molar-refractivity contribution is 7.80. The number of nitrogens with one attached hydrogen (secondary N) is 3. The Balaban J connectivity index is 1.26. The average Bonchev–Trinajstić information content (AvgIpc) is 3.32. The van der Waals surface area contributed by atoms with E-state index in [1.165, 1.54) is 31.4 Å². The number of halogens is 3. The number of ether oxygens (including phenoxy) is 3. The van der Waals surface area contributed by atoms with Gasteiger partial charge in [0.15, 0.2) is 11.2 Å². The second kappa shape index (κ2) is 9.80. The smallest absolute Gasteiger partial charge is 0.416 e. The van der Waals surface area contributed by atoms with Crippen LogP contribution >= 0.6 is 12.2 Å². The molecule has 0 bridgehead atoms. The van der Waals surface area contributed by atoms with E-state index in [0.29, 0.717) is 17.8 Å². The summed E-state index contributed by atoms with van der Waals surface area (Å²) >= 11 is 5.43. The van der Waals surface area contributed by atoms with E-state index in [-0.39, 0.29) is 24.4 Å². The minimum absolute atomic E-state index is 0.00805. The van der Waals surface area contributed by atoms with Crippen LogP contribution in [0.3, 0.4) is 0 Å². The van der Waals surface area contributed by atoms with E-state index in [2.05, 4.69) is 16.0 Å². The van der Waals surface area contributed by atoms with Crippen molar-refractivity contribution in [2.24, 2.45) is 0 Å². The summed E-state index contributed by atoms with van der Waals surface area (Å²) < 4.78 is 55.5. The summed E-state index contributed by atoms with van der Waals surface area (Å²) in [6.45, 7) is 0.475. The van der Waals surface area contributed by atoms with Crippen LogP contribution < -0.4 is 16.0 Å². The minimum atomic E-state index is -4.50. The van der Waals surface area contributed by atoms with Gasteiger partial charge >= 0.3 is 12.3 Å². The lowest BCUT2D eigenvalue weighted by Gasteiger charge is -2.26. The van der Waals surface area contributed by atoms with Crippen LogP contribution in [0.2, 0.25) is 0 Å². The minimum Gasteiger partial charge on any atom is -0.441 e. The van der Waals surface area contributed by atoms with Gasteiger partial charge in [-0.1, -0.05) is 25.3 Å². The van der Waals surface area contributed by atoms with E-state index in [4.69, 9.17) is 26.4 Å². The number of anilines is 1. The van der Waals surface area contributed by atoms with E-state index in [1.807, 2.05) is 0 Å². The highest BCUT2D eigenvalue weighted by Crippen LogP contribution is 2.31. The first-order valence-electron chi connectivity index (χ1n) is 10.7. The predicted octanol–water partition coefficient (Wildman–Crippen LogP) is 3.59. The molecule has 0 radical (unpaired) electrons. The Hall–Kier alpha value is -2.11. The summed E-state index contributed by atoms with van der Waals surface area (Å²) in [6.07, 6.45) is -1.000. The molecule has 1 aromatic rings. The van der Waals surface area contributed by atoms with Crippen molar-refractivity contribution in [3.8, 4) is 0 Å². The van der Waals surface area contributed by atoms with Crippen molar-refractivity contribution in [1.29, 1.82) is 0 Å². The molecular formula is C21H26F3N3O4S. The van der Waals surface area contributed by atoms with Gasteiger partial charge in [-0.05, 0) is 43.3 Å². The first-order chi connectivity index (χ1) is 15.3. The van der Waals surface area contributed by atoms with Crippen LogP contribution in [0.25, 0.3) is 0 Å². The molecule has 2 aliphatic heterocycles. The summed E-state index contributed by atoms with van der Waals surface area (Å²) in [6, 6.07) is 4.55. The fourth-order valence-electron chi connectivity index (χ4n) is 4.39. The van der Waals surface area contributed by atoms with Gasteiger partial charge in [-0.3, -0.25) is 5.32 Å². The van der Waals surface area contributed by atoms with Crippen molar-refractivity contribution >= 4 is 29.1 Å². The molecule has 0 unspecified atom stereocenters. The molecule has 3 fully saturated rings. The van der Waals surface area contributed by atoms with Crippen molar-refractivity contribution in [1.82, 2.24) is 10.6 Å². The lowest BCUT2D eigenvalue weighted by Crippen LogP contribution is -2.50. The number of alkyl halides is 3. The topological polar surface area (TPSA) is 80.9 Å². The lowest BCUT2D eigenvalue weighted by atomic mass is 9.96. The summed E-state index contributed by atoms with van der Waals surface area (Å²) in [5, 5.41) is 9.47. The van der Waals surface area contributed by atoms with Crippen LogP contribution in [-0.2, 0) is 20.4 Å². The fourth-order valence-corrected chi connectivity index (χ4v) is 4.71. The standard InChI is InChI=1S/C21H26F3N3O4S/c22-21(23,24)12-5-4-8-14(9-12)26-20(28)31-16-11-30-17-15(10-29-18(16)17)27-19(32)25-13-6-2-1-3-7-13/h4-5,8-9,13,15-18H,1-3,6-7,10-11H2,(H,26,28)(H2,25,27,32)/t15-,16+,17+,18+/m0/s1. The fraction of sp³-hybridized carbons (Fsp3) is 0.619. The zero-order valence-electron chi connectivity index (χ0n) is 17.3. The Bertz CT molecular complexity index is 835. The van der Waals surface area contributed by atoms with Gasteiger partial charge in [0.2, 0.25) is 0 Å². The molecule has 1 saturated carbocycles. The van der Waals surface area contributed by atoms with Gasteiger partial charge < -0.3 is 24.8 Å². The molecule has 2 heterocycles. The van der Waals surface area contributed by atoms with E-state index in [1.54, 1.807) is 0 Å². The highest BCUT2D eigenvalue weighted by atomic mass is 32.1. The number of fused-ring (bicyclic) bond motifs is 1. The van der Waals surface area contributed by atoms with Gasteiger partial charge in [0, 0.05) is 11.7 Å². The molecule has 4 rings (SSSR count). The largest absolute Gasteiger partial charge is 0.441 e. The van der Waals surface area contributed by atoms with Gasteiger partial charge in [0.05, 0.1) is 24.8 Å². The van der Waals surface area contributed by atoms with Crippen LogP contribution in [0, 0.1) is 0 Å². The Morgan fingerprint density at radius 3 is 2.56 bits per heavy atom. The van der Waals surface area contributed by atoms with E-state index in [0.717, 1.165) is 25.0 Å². The van der Waals surface area contributed by atoms with Crippen molar-refractivity contribution in [3.05, 3.63) is 29.8 Å². The Kier molecular flexibility index (Phi) is 7.06. The molecular weight excluding hydrogens is 447 g/mol. The predicted molar refractivity (Wildman–Crippen MR) is 114 cm³/mol. The molecule has 2 saturated heterocycles. The zero-order chi connectivity index (χ0) is 22.7. The van der Waals surface area contributed by atoms with Crippen molar-refractivity contribution in [2.75, 3.05) is 18.5 Å². The molecule has 3 N–H and O–H groups in total. The van der Waals surface area contributed by atoms with Gasteiger partial charge in [-0.2, -0.15) is 13.2 Å². The maximum Gasteiger partial charge on any atom is 0.416 e. The summed E-state index contributed by atoms with van der Waals surface area (Å²) in [4.78, 5) is 12.2. The second-order valence-corrected chi connectivity index (χ2v) is 8.71. The Morgan fingerprint density at radius 2 is 1.81 bits per heavy atom. The molecule has 0 spiro atoms. The Labute approximate surface area is 189 Å². The van der Waals surface area contributed by atoms with Gasteiger partial charge in [-0.25, -0.2) is 4.79 Å². The molecule has 0 aromatic heterocycles. The van der Waals surface area contributed by atoms with Crippen LogP contribution in [0.1, 0.15) is 37.7 Å². The number of benzene rings is 1. The third-order valence-corrected chi connectivity index (χ3v) is 6.20. The average molecular weight is 474 g/mol. The molecule has 11 heteroatoms. The van der Waals surface area contributed by atoms with E-state index in [9.17, 15) is 18.0 Å². The van der Waals surface area contributed by atoms with Gasteiger partial charge in [-0.15, -0.1) is 0 Å². The third kappa shape index (κ3) is 5.62. The second-order valence-electron chi connectivity index (χ2n) is 8.30. The molecule has 176 valence electrons. The first-order valence-corrected chi connectivity index (χ1v) is 11.2. The van der Waals surface area contributed by atoms with Crippen LogP contribution in [0.5, 0.6) is 0 Å². The molecule has 1 amide bonds. The number of carbonyl (C=O) groups excluding carboxylic acids is 1. The number of amides is 1. The maximum atomic E-state index is 12.8. The monoisotopic (exact) mass is 473 g/mol. The van der Waals surface area contributed by atoms with E-state index >= 15 is 0 Å². The van der Waals surface area contributed by atoms with Crippen molar-refractivity contribution < 1.29 is 32.2 Å². The molecule has 7 nitrogen and oxygen atoms in total. The lowest BCUT2D eigenvalue weighted by molar-refractivity contribution is -0.137. The number of thiocarbonyl (C=S) groups is 1. The molecule has 4 atom stereocenters. The van der Waals surface area contributed by atoms with E-state index < -0.39 is 30.0 Å². The van der Waals surface area contributed by atoms with Gasteiger partial charge in [0.25, 0.3) is 0 Å². The third-order valence-electron chi connectivity index (χ3n) is 5.96. The molecule has 3 aliphatic rings. The number of hydrogen-bond acceptors (Lipinski definition) is 5. The molecule has 1 aliphatic carbocycles. The van der Waals surface area contributed by atoms with Crippen molar-refractivity contribution in [3.63, 3.8) is 0 Å². The maximum absolute atomic E-state index is 12.8. The summed E-state index contributed by atoms with van der Waals surface area (Å²) in [7, 11) is 0. The van der Waals surface area contributed by atoms with Crippen LogP contribution in [0.15, 0.2) is 24.3 Å². The zero-order valence-corrected chi connectivity index (χ0v) is 18.1. The summed E-state index contributed by atoms with van der Waals surface area (Å²) in [5.41, 5.74) is -0.864. The highest BCUT2D eigenvalue weighted by Gasteiger charge is 2.49. The number of rotatable bonds is 4. The molecule has 32 heavy (non-hydrogen) atoms. The van der Waals surface area contributed by atoms with Crippen LogP contribution in [-0.4, -0.2) is 54.8 Å². The number of hydrogen-bond donors (Lipinski definition) is 3. The molecule has 1 aromatic carbocycles. The van der Waals surface area contributed by atoms with Crippen molar-refractivity contribution in [2.45, 2.75) is 68.7 Å². The summed E-state index contributed by atoms with van der Waals surface area (Å²) in [5.74, 6) is 0. The SMILES string of the molecule is O=C(Nc1cccc(C(F)(F)F)c1)O[C@@H]1CO[C@H]2[C@@H]1OC[C@@H]2NC(=S)NC1CCCCC1.